The minimum Gasteiger partial charge on any atom is -0.508 e. The molecule has 0 aliphatic carbocycles. The van der Waals surface area contributed by atoms with Crippen LogP contribution in [0.2, 0.25) is 0 Å². The van der Waals surface area contributed by atoms with Gasteiger partial charge in [-0.25, -0.2) is 4.39 Å². The summed E-state index contributed by atoms with van der Waals surface area (Å²) in [5, 5.41) is 12.1. The fraction of sp³-hybridized carbons (Fsp3) is 0.364. The van der Waals surface area contributed by atoms with Gasteiger partial charge < -0.3 is 15.2 Å². The molecule has 0 bridgehead atoms. The molecule has 1 fully saturated rings. The average Bonchev–Trinajstić information content (AvgIpc) is 2.72. The van der Waals surface area contributed by atoms with Crippen LogP contribution in [0.1, 0.15) is 23.2 Å². The normalized spacial score (nSPS) is 15.1. The standard InChI is InChI=1S/C22H25FN2O4/c23-18-2-1-3-20(14-18)29-13-10-24-21(27)15-25-11-8-17(9-12-25)22(28)16-4-6-19(26)7-5-16/h1-7,14,17,26H,8-13,15H2,(H,24,27). The maximum atomic E-state index is 13.1. The number of hydrogen-bond acceptors (Lipinski definition) is 5. The van der Waals surface area contributed by atoms with Crippen molar-refractivity contribution in [3.05, 3.63) is 59.9 Å². The van der Waals surface area contributed by atoms with Crippen LogP contribution in [0.3, 0.4) is 0 Å². The fourth-order valence-electron chi connectivity index (χ4n) is 3.39. The van der Waals surface area contributed by atoms with Gasteiger partial charge in [-0.3, -0.25) is 14.5 Å². The lowest BCUT2D eigenvalue weighted by Gasteiger charge is -2.30. The number of phenolic OH excluding ortho intramolecular Hbond substituents is 1. The van der Waals surface area contributed by atoms with Crippen LogP contribution in [0.5, 0.6) is 11.5 Å². The Morgan fingerprint density at radius 2 is 1.86 bits per heavy atom. The molecule has 154 valence electrons. The molecule has 0 radical (unpaired) electrons. The molecule has 0 atom stereocenters. The zero-order chi connectivity index (χ0) is 20.6. The summed E-state index contributed by atoms with van der Waals surface area (Å²) in [4.78, 5) is 26.7. The van der Waals surface area contributed by atoms with Crippen LogP contribution in [-0.2, 0) is 4.79 Å². The summed E-state index contributed by atoms with van der Waals surface area (Å²) in [6.45, 7) is 2.24. The first-order chi connectivity index (χ1) is 14.0. The molecule has 1 saturated heterocycles. The van der Waals surface area contributed by atoms with Gasteiger partial charge in [0.05, 0.1) is 13.1 Å². The Labute approximate surface area is 169 Å². The van der Waals surface area contributed by atoms with Gasteiger partial charge in [0.15, 0.2) is 5.78 Å². The SMILES string of the molecule is O=C(CN1CCC(C(=O)c2ccc(O)cc2)CC1)NCCOc1cccc(F)c1. The molecule has 2 aromatic rings. The molecule has 6 nitrogen and oxygen atoms in total. The van der Waals surface area contributed by atoms with Crippen LogP contribution >= 0.6 is 0 Å². The third-order valence-corrected chi connectivity index (χ3v) is 4.97. The van der Waals surface area contributed by atoms with Crippen molar-refractivity contribution in [3.8, 4) is 11.5 Å². The first-order valence-corrected chi connectivity index (χ1v) is 9.72. The number of benzene rings is 2. The first-order valence-electron chi connectivity index (χ1n) is 9.72. The fourth-order valence-corrected chi connectivity index (χ4v) is 3.39. The number of carbonyl (C=O) groups is 2. The van der Waals surface area contributed by atoms with E-state index in [0.717, 1.165) is 0 Å². The van der Waals surface area contributed by atoms with Crippen LogP contribution < -0.4 is 10.1 Å². The molecule has 0 saturated carbocycles. The maximum absolute atomic E-state index is 13.1. The van der Waals surface area contributed by atoms with Gasteiger partial charge in [-0.05, 0) is 62.3 Å². The van der Waals surface area contributed by atoms with Crippen molar-refractivity contribution in [2.24, 2.45) is 5.92 Å². The third kappa shape index (κ3) is 6.29. The van der Waals surface area contributed by atoms with Gasteiger partial charge >= 0.3 is 0 Å². The minimum absolute atomic E-state index is 0.0569. The number of carbonyl (C=O) groups excluding carboxylic acids is 2. The molecular weight excluding hydrogens is 375 g/mol. The summed E-state index contributed by atoms with van der Waals surface area (Å²) < 4.78 is 18.5. The molecule has 1 amide bonds. The highest BCUT2D eigenvalue weighted by Gasteiger charge is 2.26. The molecule has 1 aliphatic rings. The zero-order valence-corrected chi connectivity index (χ0v) is 16.1. The second-order valence-corrected chi connectivity index (χ2v) is 7.12. The number of piperidine rings is 1. The number of nitrogens with zero attached hydrogens (tertiary/aromatic N) is 1. The Bertz CT molecular complexity index is 833. The van der Waals surface area contributed by atoms with E-state index in [1.807, 2.05) is 4.90 Å². The number of amides is 1. The van der Waals surface area contributed by atoms with Crippen LogP contribution in [0.4, 0.5) is 4.39 Å². The van der Waals surface area contributed by atoms with E-state index in [0.29, 0.717) is 43.8 Å². The van der Waals surface area contributed by atoms with E-state index in [1.165, 1.54) is 24.3 Å². The number of aromatic hydroxyl groups is 1. The third-order valence-electron chi connectivity index (χ3n) is 4.97. The second kappa shape index (κ2) is 10.0. The number of rotatable bonds is 8. The quantitative estimate of drug-likeness (QED) is 0.526. The van der Waals surface area contributed by atoms with Gasteiger partial charge in [0.25, 0.3) is 0 Å². The summed E-state index contributed by atoms with van der Waals surface area (Å²) >= 11 is 0. The summed E-state index contributed by atoms with van der Waals surface area (Å²) in [6, 6.07) is 12.2. The van der Waals surface area contributed by atoms with E-state index in [9.17, 15) is 19.1 Å². The van der Waals surface area contributed by atoms with Crippen molar-refractivity contribution in [1.29, 1.82) is 0 Å². The minimum atomic E-state index is -0.362. The van der Waals surface area contributed by atoms with E-state index in [1.54, 1.807) is 24.3 Å². The summed E-state index contributed by atoms with van der Waals surface area (Å²) in [5.74, 6) is 0.139. The number of ether oxygens (including phenoxy) is 1. The second-order valence-electron chi connectivity index (χ2n) is 7.12. The van der Waals surface area contributed by atoms with Crippen molar-refractivity contribution in [3.63, 3.8) is 0 Å². The highest BCUT2D eigenvalue weighted by atomic mass is 19.1. The van der Waals surface area contributed by atoms with E-state index in [4.69, 9.17) is 4.74 Å². The van der Waals surface area contributed by atoms with Crippen LogP contribution in [0.25, 0.3) is 0 Å². The van der Waals surface area contributed by atoms with Crippen molar-refractivity contribution in [2.45, 2.75) is 12.8 Å². The van der Waals surface area contributed by atoms with Crippen LogP contribution in [-0.4, -0.2) is 54.5 Å². The molecule has 2 N–H and O–H groups in total. The number of halogens is 1. The van der Waals surface area contributed by atoms with E-state index in [-0.39, 0.29) is 42.3 Å². The van der Waals surface area contributed by atoms with Gasteiger partial charge in [0.1, 0.15) is 23.9 Å². The van der Waals surface area contributed by atoms with Crippen molar-refractivity contribution >= 4 is 11.7 Å². The highest BCUT2D eigenvalue weighted by Crippen LogP contribution is 2.22. The molecule has 0 spiro atoms. The Kier molecular flexibility index (Phi) is 7.19. The molecular formula is C22H25FN2O4. The number of likely N-dealkylation sites (tertiary alicyclic amines) is 1. The smallest absolute Gasteiger partial charge is 0.234 e. The topological polar surface area (TPSA) is 78.9 Å². The Morgan fingerprint density at radius 3 is 2.55 bits per heavy atom. The van der Waals surface area contributed by atoms with Crippen molar-refractivity contribution in [1.82, 2.24) is 10.2 Å². The van der Waals surface area contributed by atoms with Gasteiger partial charge in [0.2, 0.25) is 5.91 Å². The van der Waals surface area contributed by atoms with Crippen molar-refractivity contribution in [2.75, 3.05) is 32.8 Å². The Morgan fingerprint density at radius 1 is 1.14 bits per heavy atom. The lowest BCUT2D eigenvalue weighted by atomic mass is 9.89. The van der Waals surface area contributed by atoms with E-state index in [2.05, 4.69) is 5.32 Å². The summed E-state index contributed by atoms with van der Waals surface area (Å²) in [6.07, 6.45) is 1.41. The average molecular weight is 400 g/mol. The monoisotopic (exact) mass is 400 g/mol. The molecule has 0 aromatic heterocycles. The highest BCUT2D eigenvalue weighted by molar-refractivity contribution is 5.98. The molecule has 29 heavy (non-hydrogen) atoms. The number of hydrogen-bond donors (Lipinski definition) is 2. The molecule has 1 heterocycles. The van der Waals surface area contributed by atoms with Crippen molar-refractivity contribution < 1.29 is 23.8 Å². The summed E-state index contributed by atoms with van der Waals surface area (Å²) in [5.41, 5.74) is 0.609. The first kappa shape index (κ1) is 20.8. The molecule has 1 aliphatic heterocycles. The number of Topliss-reactive ketones (excluding diaryl/α,β-unsaturated/α-hetero) is 1. The Balaban J connectivity index is 1.34. The van der Waals surface area contributed by atoms with E-state index < -0.39 is 0 Å². The lowest BCUT2D eigenvalue weighted by Crippen LogP contribution is -2.43. The van der Waals surface area contributed by atoms with Gasteiger partial charge in [0, 0.05) is 17.5 Å². The maximum Gasteiger partial charge on any atom is 0.234 e. The number of nitrogens with one attached hydrogen (secondary N) is 1. The van der Waals surface area contributed by atoms with Crippen LogP contribution in [0, 0.1) is 11.7 Å². The largest absolute Gasteiger partial charge is 0.508 e. The lowest BCUT2D eigenvalue weighted by molar-refractivity contribution is -0.122. The Hall–Kier alpha value is -2.93. The van der Waals surface area contributed by atoms with E-state index >= 15 is 0 Å². The summed E-state index contributed by atoms with van der Waals surface area (Å²) in [7, 11) is 0. The van der Waals surface area contributed by atoms with Gasteiger partial charge in [-0.2, -0.15) is 0 Å². The molecule has 2 aromatic carbocycles. The molecule has 7 heteroatoms. The predicted molar refractivity (Wildman–Crippen MR) is 107 cm³/mol. The van der Waals surface area contributed by atoms with Gasteiger partial charge in [-0.15, -0.1) is 0 Å². The number of phenols is 1. The molecule has 3 rings (SSSR count). The molecule has 0 unspecified atom stereocenters. The number of ketones is 1. The van der Waals surface area contributed by atoms with Crippen LogP contribution in [0.15, 0.2) is 48.5 Å². The zero-order valence-electron chi connectivity index (χ0n) is 16.1. The van der Waals surface area contributed by atoms with Gasteiger partial charge in [-0.1, -0.05) is 6.07 Å². The predicted octanol–water partition coefficient (Wildman–Crippen LogP) is 2.62.